The summed E-state index contributed by atoms with van der Waals surface area (Å²) in [6, 6.07) is 9.88. The van der Waals surface area contributed by atoms with E-state index in [2.05, 4.69) is 5.32 Å². The van der Waals surface area contributed by atoms with Gasteiger partial charge in [0.25, 0.3) is 0 Å². The maximum atomic E-state index is 13.4. The maximum Gasteiger partial charge on any atom is 0.304 e. The van der Waals surface area contributed by atoms with E-state index < -0.39 is 16.4 Å². The number of halogens is 2. The zero-order valence-electron chi connectivity index (χ0n) is 10.5. The predicted octanol–water partition coefficient (Wildman–Crippen LogP) is 3.16. The van der Waals surface area contributed by atoms with Crippen LogP contribution in [-0.2, 0) is 13.1 Å². The molecule has 0 unspecified atom stereocenters. The van der Waals surface area contributed by atoms with Crippen LogP contribution in [0.4, 0.5) is 14.5 Å². The normalized spacial score (nSPS) is 10.5. The molecule has 2 aromatic rings. The lowest BCUT2D eigenvalue weighted by atomic mass is 10.2. The zero-order valence-corrected chi connectivity index (χ0v) is 10.5. The van der Waals surface area contributed by atoms with E-state index in [0.717, 1.165) is 17.7 Å². The van der Waals surface area contributed by atoms with Gasteiger partial charge in [-0.25, -0.2) is 4.39 Å². The van der Waals surface area contributed by atoms with Crippen molar-refractivity contribution in [2.24, 2.45) is 0 Å². The lowest BCUT2D eigenvalue weighted by Crippen LogP contribution is -2.13. The summed E-state index contributed by atoms with van der Waals surface area (Å²) in [5.74, 6) is -1.18. The summed E-state index contributed by atoms with van der Waals surface area (Å²) in [6.07, 6.45) is 0. The van der Waals surface area contributed by atoms with Gasteiger partial charge in [0, 0.05) is 19.2 Å². The van der Waals surface area contributed by atoms with E-state index in [-0.39, 0.29) is 5.82 Å². The van der Waals surface area contributed by atoms with Crippen molar-refractivity contribution in [3.8, 4) is 0 Å². The van der Waals surface area contributed by atoms with Crippen molar-refractivity contribution in [3.63, 3.8) is 0 Å². The lowest BCUT2D eigenvalue weighted by Gasteiger charge is -2.05. The Bertz CT molecular complexity index is 632. The average Bonchev–Trinajstić information content (AvgIpc) is 2.38. The molecule has 2 rings (SSSR count). The Labute approximate surface area is 114 Å². The van der Waals surface area contributed by atoms with Crippen LogP contribution >= 0.6 is 0 Å². The van der Waals surface area contributed by atoms with Crippen LogP contribution in [0.5, 0.6) is 0 Å². The second-order valence-electron chi connectivity index (χ2n) is 4.28. The smallest absolute Gasteiger partial charge is 0.304 e. The minimum Gasteiger partial charge on any atom is -0.309 e. The molecule has 1 N–H and O–H groups in total. The number of nitrogens with one attached hydrogen (secondary N) is 1. The Morgan fingerprint density at radius 3 is 2.35 bits per heavy atom. The number of hydrogen-bond donors (Lipinski definition) is 1. The summed E-state index contributed by atoms with van der Waals surface area (Å²) < 4.78 is 26.3. The third kappa shape index (κ3) is 3.58. The number of benzene rings is 2. The number of nitro benzene ring substituents is 1. The van der Waals surface area contributed by atoms with E-state index in [4.69, 9.17) is 0 Å². The van der Waals surface area contributed by atoms with Crippen LogP contribution in [0.1, 0.15) is 11.1 Å². The van der Waals surface area contributed by atoms with Crippen molar-refractivity contribution in [2.45, 2.75) is 13.1 Å². The molecule has 0 heterocycles. The van der Waals surface area contributed by atoms with Crippen LogP contribution in [-0.4, -0.2) is 4.92 Å². The summed E-state index contributed by atoms with van der Waals surface area (Å²) in [6.45, 7) is 0.766. The lowest BCUT2D eigenvalue weighted by molar-refractivity contribution is -0.387. The van der Waals surface area contributed by atoms with Gasteiger partial charge in [-0.15, -0.1) is 0 Å². The minimum absolute atomic E-state index is 0.314. The minimum atomic E-state index is -0.861. The highest BCUT2D eigenvalue weighted by molar-refractivity contribution is 5.35. The quantitative estimate of drug-likeness (QED) is 0.675. The van der Waals surface area contributed by atoms with Gasteiger partial charge in [-0.1, -0.05) is 18.2 Å². The molecule has 4 nitrogen and oxygen atoms in total. The number of nitrogens with zero attached hydrogens (tertiary/aromatic N) is 1. The van der Waals surface area contributed by atoms with E-state index in [1.54, 1.807) is 12.1 Å². The molecule has 20 heavy (non-hydrogen) atoms. The molecule has 0 atom stereocenters. The average molecular weight is 278 g/mol. The molecule has 0 saturated heterocycles. The molecule has 104 valence electrons. The Morgan fingerprint density at radius 2 is 1.75 bits per heavy atom. The van der Waals surface area contributed by atoms with E-state index in [9.17, 15) is 18.9 Å². The first-order chi connectivity index (χ1) is 9.56. The van der Waals surface area contributed by atoms with Crippen molar-refractivity contribution >= 4 is 5.69 Å². The summed E-state index contributed by atoms with van der Waals surface area (Å²) >= 11 is 0. The van der Waals surface area contributed by atoms with Gasteiger partial charge in [-0.2, -0.15) is 4.39 Å². The Hall–Kier alpha value is -2.34. The molecule has 0 aromatic heterocycles. The molecule has 2 aromatic carbocycles. The molecule has 0 aliphatic heterocycles. The van der Waals surface area contributed by atoms with Gasteiger partial charge in [0.05, 0.1) is 4.92 Å². The fourth-order valence-corrected chi connectivity index (χ4v) is 1.81. The van der Waals surface area contributed by atoms with Crippen molar-refractivity contribution in [1.82, 2.24) is 5.32 Å². The van der Waals surface area contributed by atoms with Crippen LogP contribution in [0.2, 0.25) is 0 Å². The van der Waals surface area contributed by atoms with Crippen LogP contribution in [0.15, 0.2) is 42.5 Å². The van der Waals surface area contributed by atoms with Gasteiger partial charge >= 0.3 is 5.69 Å². The second-order valence-corrected chi connectivity index (χ2v) is 4.28. The van der Waals surface area contributed by atoms with Crippen LogP contribution in [0.25, 0.3) is 0 Å². The van der Waals surface area contributed by atoms with Crippen molar-refractivity contribution in [1.29, 1.82) is 0 Å². The highest BCUT2D eigenvalue weighted by Gasteiger charge is 2.13. The molecular weight excluding hydrogens is 266 g/mol. The SMILES string of the molecule is O=[N+]([O-])c1ccc(CNCc2cccc(F)c2)cc1F. The van der Waals surface area contributed by atoms with Gasteiger partial charge in [0.1, 0.15) is 5.82 Å². The maximum absolute atomic E-state index is 13.4. The monoisotopic (exact) mass is 278 g/mol. The first-order valence-electron chi connectivity index (χ1n) is 5.94. The number of rotatable bonds is 5. The summed E-state index contributed by atoms with van der Waals surface area (Å²) in [7, 11) is 0. The number of hydrogen-bond acceptors (Lipinski definition) is 3. The third-order valence-corrected chi connectivity index (χ3v) is 2.76. The molecule has 6 heteroatoms. The van der Waals surface area contributed by atoms with Crippen LogP contribution < -0.4 is 5.32 Å². The molecule has 0 bridgehead atoms. The zero-order chi connectivity index (χ0) is 14.5. The van der Waals surface area contributed by atoms with Gasteiger partial charge < -0.3 is 5.32 Å². The topological polar surface area (TPSA) is 55.2 Å². The Morgan fingerprint density at radius 1 is 1.05 bits per heavy atom. The summed E-state index contributed by atoms with van der Waals surface area (Å²) in [5.41, 5.74) is 0.816. The first kappa shape index (κ1) is 14.1. The third-order valence-electron chi connectivity index (χ3n) is 2.76. The molecule has 0 aliphatic carbocycles. The largest absolute Gasteiger partial charge is 0.309 e. The fraction of sp³-hybridized carbons (Fsp3) is 0.143. The van der Waals surface area contributed by atoms with Crippen molar-refractivity contribution < 1.29 is 13.7 Å². The van der Waals surface area contributed by atoms with Crippen LogP contribution in [0, 0.1) is 21.7 Å². The fourth-order valence-electron chi connectivity index (χ4n) is 1.81. The Balaban J connectivity index is 1.94. The first-order valence-corrected chi connectivity index (χ1v) is 5.94. The van der Waals surface area contributed by atoms with Gasteiger partial charge in [0.15, 0.2) is 0 Å². The molecule has 0 radical (unpaired) electrons. The molecule has 0 fully saturated rings. The highest BCUT2D eigenvalue weighted by atomic mass is 19.1. The summed E-state index contributed by atoms with van der Waals surface area (Å²) in [5, 5.41) is 13.5. The van der Waals surface area contributed by atoms with Gasteiger partial charge in [0.2, 0.25) is 5.82 Å². The van der Waals surface area contributed by atoms with Crippen molar-refractivity contribution in [2.75, 3.05) is 0 Å². The van der Waals surface area contributed by atoms with E-state index >= 15 is 0 Å². The van der Waals surface area contributed by atoms with E-state index in [1.165, 1.54) is 18.2 Å². The highest BCUT2D eigenvalue weighted by Crippen LogP contribution is 2.17. The Kier molecular flexibility index (Phi) is 4.37. The molecule has 0 aliphatic rings. The van der Waals surface area contributed by atoms with Gasteiger partial charge in [-0.05, 0) is 29.3 Å². The van der Waals surface area contributed by atoms with Crippen molar-refractivity contribution in [3.05, 3.63) is 75.3 Å². The predicted molar refractivity (Wildman–Crippen MR) is 70.0 cm³/mol. The van der Waals surface area contributed by atoms with E-state index in [0.29, 0.717) is 18.7 Å². The van der Waals surface area contributed by atoms with E-state index in [1.807, 2.05) is 0 Å². The molecule has 0 spiro atoms. The molecule has 0 saturated carbocycles. The molecular formula is C14H12F2N2O2. The van der Waals surface area contributed by atoms with Crippen LogP contribution in [0.3, 0.4) is 0 Å². The second kappa shape index (κ2) is 6.21. The summed E-state index contributed by atoms with van der Waals surface area (Å²) in [4.78, 5) is 9.71. The van der Waals surface area contributed by atoms with Gasteiger partial charge in [-0.3, -0.25) is 10.1 Å². The molecule has 0 amide bonds. The number of nitro groups is 1. The standard InChI is InChI=1S/C14H12F2N2O2/c15-12-3-1-2-10(6-12)8-17-9-11-4-5-14(18(19)20)13(16)7-11/h1-7,17H,8-9H2.